The number of hydrogen-bond donors (Lipinski definition) is 1. The second-order valence-corrected chi connectivity index (χ2v) is 6.73. The molecule has 5 nitrogen and oxygen atoms in total. The summed E-state index contributed by atoms with van der Waals surface area (Å²) in [7, 11) is -2.65. The van der Waals surface area contributed by atoms with Crippen molar-refractivity contribution in [3.8, 4) is 0 Å². The molecule has 126 valence electrons. The van der Waals surface area contributed by atoms with Gasteiger partial charge in [-0.2, -0.15) is 26.7 Å². The fraction of sp³-hybridized carbons (Fsp3) is 0.133. The Kier molecular flexibility index (Phi) is 3.75. The predicted octanol–water partition coefficient (Wildman–Crippen LogP) is 3.39. The predicted molar refractivity (Wildman–Crippen MR) is 83.0 cm³/mol. The monoisotopic (exact) mass is 355 g/mol. The van der Waals surface area contributed by atoms with Gasteiger partial charge in [-0.3, -0.25) is 9.40 Å². The first kappa shape index (κ1) is 16.3. The number of sulfonamides is 1. The van der Waals surface area contributed by atoms with Crippen LogP contribution in [0.15, 0.2) is 53.6 Å². The highest BCUT2D eigenvalue weighted by Gasteiger charge is 2.31. The van der Waals surface area contributed by atoms with Crippen LogP contribution in [0.25, 0.3) is 10.9 Å². The van der Waals surface area contributed by atoms with Gasteiger partial charge < -0.3 is 0 Å². The van der Waals surface area contributed by atoms with Crippen molar-refractivity contribution >= 4 is 26.6 Å². The van der Waals surface area contributed by atoms with E-state index in [2.05, 4.69) is 9.82 Å². The highest BCUT2D eigenvalue weighted by atomic mass is 32.2. The molecule has 3 rings (SSSR count). The fourth-order valence-corrected chi connectivity index (χ4v) is 3.79. The minimum absolute atomic E-state index is 0.115. The van der Waals surface area contributed by atoms with Gasteiger partial charge in [-0.25, -0.2) is 0 Å². The molecule has 0 unspecified atom stereocenters. The van der Waals surface area contributed by atoms with Crippen molar-refractivity contribution in [2.45, 2.75) is 11.2 Å². The maximum atomic E-state index is 12.8. The molecule has 24 heavy (non-hydrogen) atoms. The summed E-state index contributed by atoms with van der Waals surface area (Å²) in [6, 6.07) is 10.6. The molecule has 1 aromatic heterocycles. The van der Waals surface area contributed by atoms with E-state index in [-0.39, 0.29) is 10.7 Å². The van der Waals surface area contributed by atoms with Gasteiger partial charge in [0.1, 0.15) is 0 Å². The van der Waals surface area contributed by atoms with Crippen LogP contribution in [0.4, 0.5) is 18.9 Å². The minimum atomic E-state index is -4.55. The third-order valence-electron chi connectivity index (χ3n) is 3.38. The zero-order valence-corrected chi connectivity index (χ0v) is 13.2. The fourth-order valence-electron chi connectivity index (χ4n) is 2.40. The average Bonchev–Trinajstić information content (AvgIpc) is 2.82. The summed E-state index contributed by atoms with van der Waals surface area (Å²) >= 11 is 0. The molecule has 0 radical (unpaired) electrons. The number of anilines is 1. The van der Waals surface area contributed by atoms with Crippen molar-refractivity contribution in [2.24, 2.45) is 7.05 Å². The Morgan fingerprint density at radius 2 is 1.79 bits per heavy atom. The van der Waals surface area contributed by atoms with Gasteiger partial charge in [0, 0.05) is 18.1 Å². The number of rotatable bonds is 3. The van der Waals surface area contributed by atoms with Crippen LogP contribution in [0.3, 0.4) is 0 Å². The first-order valence-corrected chi connectivity index (χ1v) is 8.28. The third-order valence-corrected chi connectivity index (χ3v) is 4.88. The smallest absolute Gasteiger partial charge is 0.278 e. The molecule has 0 saturated heterocycles. The van der Waals surface area contributed by atoms with Crippen LogP contribution in [-0.4, -0.2) is 18.2 Å². The summed E-state index contributed by atoms with van der Waals surface area (Å²) < 4.78 is 66.8. The van der Waals surface area contributed by atoms with E-state index in [1.165, 1.54) is 17.8 Å². The van der Waals surface area contributed by atoms with Gasteiger partial charge in [0.05, 0.1) is 11.1 Å². The number of benzene rings is 2. The Morgan fingerprint density at radius 3 is 2.50 bits per heavy atom. The van der Waals surface area contributed by atoms with Crippen LogP contribution in [0.1, 0.15) is 5.56 Å². The van der Waals surface area contributed by atoms with Crippen molar-refractivity contribution in [1.82, 2.24) is 9.78 Å². The maximum absolute atomic E-state index is 12.8. The summed E-state index contributed by atoms with van der Waals surface area (Å²) in [5.74, 6) is 0. The van der Waals surface area contributed by atoms with Crippen molar-refractivity contribution in [3.05, 3.63) is 54.1 Å². The van der Waals surface area contributed by atoms with Crippen molar-refractivity contribution < 1.29 is 21.6 Å². The molecule has 0 fully saturated rings. The SMILES string of the molecule is Cn1nc2ccccc2c1S(=O)(=O)Nc1cccc(C(F)(F)F)c1. The molecule has 9 heteroatoms. The molecule has 0 saturated carbocycles. The molecular formula is C15H12F3N3O2S. The molecule has 0 aliphatic carbocycles. The summed E-state index contributed by atoms with van der Waals surface area (Å²) in [6.07, 6.45) is -4.55. The van der Waals surface area contributed by atoms with Gasteiger partial charge in [0.25, 0.3) is 10.0 Å². The van der Waals surface area contributed by atoms with E-state index < -0.39 is 21.8 Å². The van der Waals surface area contributed by atoms with Crippen LogP contribution in [-0.2, 0) is 23.2 Å². The minimum Gasteiger partial charge on any atom is -0.278 e. The Balaban J connectivity index is 2.04. The normalized spacial score (nSPS) is 12.5. The molecule has 0 amide bonds. The van der Waals surface area contributed by atoms with Gasteiger partial charge in [0.15, 0.2) is 5.03 Å². The molecular weight excluding hydrogens is 343 g/mol. The Labute approximate surface area is 135 Å². The van der Waals surface area contributed by atoms with Gasteiger partial charge in [-0.1, -0.05) is 18.2 Å². The van der Waals surface area contributed by atoms with E-state index in [0.717, 1.165) is 18.2 Å². The number of nitrogens with zero attached hydrogens (tertiary/aromatic N) is 2. The number of aryl methyl sites for hydroxylation is 1. The lowest BCUT2D eigenvalue weighted by atomic mass is 10.2. The van der Waals surface area contributed by atoms with E-state index in [4.69, 9.17) is 0 Å². The standard InChI is InChI=1S/C15H12F3N3O2S/c1-21-14(12-7-2-3-8-13(12)19-21)24(22,23)20-11-6-4-5-10(9-11)15(16,17)18/h2-9,20H,1H3. The molecule has 1 N–H and O–H groups in total. The van der Waals surface area contributed by atoms with Crippen LogP contribution in [0, 0.1) is 0 Å². The van der Waals surface area contributed by atoms with E-state index in [1.807, 2.05) is 0 Å². The van der Waals surface area contributed by atoms with Gasteiger partial charge >= 0.3 is 6.18 Å². The van der Waals surface area contributed by atoms with Gasteiger partial charge in [0.2, 0.25) is 0 Å². The topological polar surface area (TPSA) is 64.0 Å². The molecule has 0 spiro atoms. The lowest BCUT2D eigenvalue weighted by Gasteiger charge is -2.11. The quantitative estimate of drug-likeness (QED) is 0.783. The van der Waals surface area contributed by atoms with Crippen molar-refractivity contribution in [2.75, 3.05) is 4.72 Å². The number of alkyl halides is 3. The average molecular weight is 355 g/mol. The molecule has 3 aromatic rings. The van der Waals surface area contributed by atoms with E-state index in [0.29, 0.717) is 10.9 Å². The Bertz CT molecular complexity index is 1010. The summed E-state index contributed by atoms with van der Waals surface area (Å²) in [5, 5.41) is 4.37. The van der Waals surface area contributed by atoms with Crippen LogP contribution in [0.5, 0.6) is 0 Å². The van der Waals surface area contributed by atoms with Crippen molar-refractivity contribution in [3.63, 3.8) is 0 Å². The number of aromatic nitrogens is 2. The Hall–Kier alpha value is -2.55. The number of fused-ring (bicyclic) bond motifs is 1. The lowest BCUT2D eigenvalue weighted by molar-refractivity contribution is -0.137. The van der Waals surface area contributed by atoms with Crippen LogP contribution in [0.2, 0.25) is 0 Å². The molecule has 0 atom stereocenters. The zero-order chi connectivity index (χ0) is 17.5. The van der Waals surface area contributed by atoms with Gasteiger partial charge in [-0.15, -0.1) is 0 Å². The number of nitrogens with one attached hydrogen (secondary N) is 1. The second kappa shape index (κ2) is 5.52. The summed E-state index contributed by atoms with van der Waals surface area (Å²) in [5.41, 5.74) is -0.628. The highest BCUT2D eigenvalue weighted by molar-refractivity contribution is 7.92. The molecule has 1 heterocycles. The van der Waals surface area contributed by atoms with E-state index in [1.54, 1.807) is 24.3 Å². The van der Waals surface area contributed by atoms with Gasteiger partial charge in [-0.05, 0) is 30.3 Å². The Morgan fingerprint density at radius 1 is 1.08 bits per heavy atom. The van der Waals surface area contributed by atoms with E-state index >= 15 is 0 Å². The second-order valence-electron chi connectivity index (χ2n) is 5.13. The van der Waals surface area contributed by atoms with Crippen LogP contribution < -0.4 is 4.72 Å². The molecule has 0 aliphatic heterocycles. The largest absolute Gasteiger partial charge is 0.416 e. The number of hydrogen-bond acceptors (Lipinski definition) is 3. The first-order chi connectivity index (χ1) is 11.2. The highest BCUT2D eigenvalue weighted by Crippen LogP contribution is 2.31. The van der Waals surface area contributed by atoms with E-state index in [9.17, 15) is 21.6 Å². The molecule has 0 aliphatic rings. The summed E-state index contributed by atoms with van der Waals surface area (Å²) in [4.78, 5) is 0. The summed E-state index contributed by atoms with van der Waals surface area (Å²) in [6.45, 7) is 0. The number of halogens is 3. The zero-order valence-electron chi connectivity index (χ0n) is 12.4. The molecule has 0 bridgehead atoms. The lowest BCUT2D eigenvalue weighted by Crippen LogP contribution is -2.17. The molecule has 2 aromatic carbocycles. The maximum Gasteiger partial charge on any atom is 0.416 e. The third kappa shape index (κ3) is 2.94. The first-order valence-electron chi connectivity index (χ1n) is 6.80. The van der Waals surface area contributed by atoms with Crippen molar-refractivity contribution in [1.29, 1.82) is 0 Å². The van der Waals surface area contributed by atoms with Crippen LogP contribution >= 0.6 is 0 Å².